The third-order valence-electron chi connectivity index (χ3n) is 5.97. The summed E-state index contributed by atoms with van der Waals surface area (Å²) >= 11 is 0. The van der Waals surface area contributed by atoms with Gasteiger partial charge in [-0.05, 0) is 48.9 Å². The summed E-state index contributed by atoms with van der Waals surface area (Å²) in [4.78, 5) is 15.1. The van der Waals surface area contributed by atoms with Gasteiger partial charge in [-0.3, -0.25) is 0 Å². The molecule has 5 aromatic rings. The van der Waals surface area contributed by atoms with E-state index >= 15 is 0 Å². The van der Waals surface area contributed by atoms with E-state index in [0.29, 0.717) is 18.8 Å². The predicted molar refractivity (Wildman–Crippen MR) is 126 cm³/mol. The number of benzene rings is 2. The third kappa shape index (κ3) is 3.80. The largest absolute Gasteiger partial charge is 0.489 e. The van der Waals surface area contributed by atoms with E-state index in [9.17, 15) is 0 Å². The molecule has 2 aromatic carbocycles. The van der Waals surface area contributed by atoms with Crippen LogP contribution in [-0.4, -0.2) is 36.3 Å². The number of nitrogens with one attached hydrogen (secondary N) is 1. The molecule has 1 aliphatic heterocycles. The van der Waals surface area contributed by atoms with Gasteiger partial charge in [0.1, 0.15) is 29.8 Å². The molecule has 4 heterocycles. The molecule has 0 saturated carbocycles. The first-order valence-electron chi connectivity index (χ1n) is 11.0. The van der Waals surface area contributed by atoms with Gasteiger partial charge in [0.25, 0.3) is 0 Å². The van der Waals surface area contributed by atoms with Gasteiger partial charge >= 0.3 is 0 Å². The molecule has 0 unspecified atom stereocenters. The molecule has 164 valence electrons. The highest BCUT2D eigenvalue weighted by atomic mass is 16.5. The number of ether oxygens (including phenoxy) is 1. The van der Waals surface area contributed by atoms with E-state index in [1.165, 1.54) is 0 Å². The van der Waals surface area contributed by atoms with E-state index in [-0.39, 0.29) is 0 Å². The van der Waals surface area contributed by atoms with Crippen molar-refractivity contribution in [1.82, 2.24) is 29.7 Å². The zero-order chi connectivity index (χ0) is 22.2. The Kier molecular flexibility index (Phi) is 4.75. The minimum Gasteiger partial charge on any atom is -0.489 e. The van der Waals surface area contributed by atoms with Gasteiger partial charge in [0.05, 0.1) is 12.1 Å². The van der Waals surface area contributed by atoms with E-state index in [1.807, 2.05) is 61.5 Å². The van der Waals surface area contributed by atoms with E-state index in [2.05, 4.69) is 36.8 Å². The molecule has 1 N–H and O–H groups in total. The normalized spacial score (nSPS) is 13.3. The summed E-state index contributed by atoms with van der Waals surface area (Å²) in [5.74, 6) is 4.45. The van der Waals surface area contributed by atoms with Gasteiger partial charge < -0.3 is 19.2 Å². The molecule has 8 heteroatoms. The highest BCUT2D eigenvalue weighted by Gasteiger charge is 2.21. The molecule has 0 fully saturated rings. The number of hydrogen-bond acceptors (Lipinski definition) is 6. The van der Waals surface area contributed by atoms with Crippen LogP contribution in [0.4, 0.5) is 5.82 Å². The van der Waals surface area contributed by atoms with E-state index in [1.54, 1.807) is 0 Å². The molecule has 0 bridgehead atoms. The molecule has 0 atom stereocenters. The Morgan fingerprint density at radius 1 is 0.909 bits per heavy atom. The number of fused-ring (bicyclic) bond motifs is 2. The van der Waals surface area contributed by atoms with Crippen molar-refractivity contribution in [3.63, 3.8) is 0 Å². The van der Waals surface area contributed by atoms with Crippen molar-refractivity contribution in [3.05, 3.63) is 83.9 Å². The maximum atomic E-state index is 5.89. The number of anilines is 1. The SMILES string of the molecule is Cc1nnc2n1CCN(c1ccc3[nH]c(-c4ccc(OCc5ccccc5)cc4)nc3n1)C2. The van der Waals surface area contributed by atoms with Crippen LogP contribution in [0.5, 0.6) is 5.75 Å². The Morgan fingerprint density at radius 3 is 2.61 bits per heavy atom. The number of hydrogen-bond donors (Lipinski definition) is 1. The highest BCUT2D eigenvalue weighted by Crippen LogP contribution is 2.25. The minimum absolute atomic E-state index is 0.546. The standard InChI is InChI=1S/C25H23N7O/c1-17-29-30-23-15-31(13-14-32(17)23)22-12-11-21-25(27-22)28-24(26-21)19-7-9-20(10-8-19)33-16-18-5-3-2-4-6-18/h2-12H,13-16H2,1H3,(H,26,27,28). The summed E-state index contributed by atoms with van der Waals surface area (Å²) in [6, 6.07) is 22.2. The molecule has 8 nitrogen and oxygen atoms in total. The van der Waals surface area contributed by atoms with Crippen molar-refractivity contribution in [2.24, 2.45) is 0 Å². The number of pyridine rings is 1. The van der Waals surface area contributed by atoms with Crippen molar-refractivity contribution >= 4 is 17.0 Å². The van der Waals surface area contributed by atoms with E-state index in [4.69, 9.17) is 14.7 Å². The summed E-state index contributed by atoms with van der Waals surface area (Å²) in [6.45, 7) is 4.96. The number of imidazole rings is 1. The molecule has 0 amide bonds. The van der Waals surface area contributed by atoms with Gasteiger partial charge in [0, 0.05) is 18.7 Å². The van der Waals surface area contributed by atoms with Gasteiger partial charge in [0.15, 0.2) is 11.5 Å². The lowest BCUT2D eigenvalue weighted by Gasteiger charge is -2.28. The molecule has 3 aromatic heterocycles. The molecular weight excluding hydrogens is 414 g/mol. The van der Waals surface area contributed by atoms with Crippen LogP contribution in [-0.2, 0) is 19.7 Å². The number of H-pyrrole nitrogens is 1. The summed E-state index contributed by atoms with van der Waals surface area (Å²) in [7, 11) is 0. The molecule has 0 aliphatic carbocycles. The van der Waals surface area contributed by atoms with Crippen molar-refractivity contribution in [1.29, 1.82) is 0 Å². The number of aryl methyl sites for hydroxylation is 1. The first-order chi connectivity index (χ1) is 16.2. The second kappa shape index (κ2) is 8.05. The van der Waals surface area contributed by atoms with Crippen LogP contribution in [0.2, 0.25) is 0 Å². The van der Waals surface area contributed by atoms with Crippen molar-refractivity contribution in [2.75, 3.05) is 11.4 Å². The van der Waals surface area contributed by atoms with Gasteiger partial charge in [-0.15, -0.1) is 10.2 Å². The molecule has 0 radical (unpaired) electrons. The topological polar surface area (TPSA) is 84.8 Å². The first kappa shape index (κ1) is 19.5. The summed E-state index contributed by atoms with van der Waals surface area (Å²) < 4.78 is 8.05. The lowest BCUT2D eigenvalue weighted by Crippen LogP contribution is -2.34. The number of rotatable bonds is 5. The zero-order valence-electron chi connectivity index (χ0n) is 18.3. The number of nitrogens with zero attached hydrogens (tertiary/aromatic N) is 6. The Hall–Kier alpha value is -4.20. The lowest BCUT2D eigenvalue weighted by molar-refractivity contribution is 0.306. The van der Waals surface area contributed by atoms with Gasteiger partial charge in [-0.2, -0.15) is 0 Å². The van der Waals surface area contributed by atoms with Crippen molar-refractivity contribution in [2.45, 2.75) is 26.6 Å². The van der Waals surface area contributed by atoms with Crippen LogP contribution in [0.1, 0.15) is 17.2 Å². The molecule has 6 rings (SSSR count). The summed E-state index contributed by atoms with van der Waals surface area (Å²) in [5, 5.41) is 8.47. The number of aromatic nitrogens is 6. The predicted octanol–water partition coefficient (Wildman–Crippen LogP) is 4.12. The highest BCUT2D eigenvalue weighted by molar-refractivity contribution is 5.77. The smallest absolute Gasteiger partial charge is 0.180 e. The molecule has 1 aliphatic rings. The van der Waals surface area contributed by atoms with E-state index in [0.717, 1.165) is 58.8 Å². The molecule has 0 spiro atoms. The lowest BCUT2D eigenvalue weighted by atomic mass is 10.2. The summed E-state index contributed by atoms with van der Waals surface area (Å²) in [5.41, 5.74) is 3.75. The maximum absolute atomic E-state index is 5.89. The fourth-order valence-electron chi connectivity index (χ4n) is 4.14. The second-order valence-corrected chi connectivity index (χ2v) is 8.16. The monoisotopic (exact) mass is 437 g/mol. The van der Waals surface area contributed by atoms with E-state index < -0.39 is 0 Å². The van der Waals surface area contributed by atoms with Crippen LogP contribution in [0.15, 0.2) is 66.7 Å². The Balaban J connectivity index is 1.19. The van der Waals surface area contributed by atoms with Gasteiger partial charge in [-0.1, -0.05) is 30.3 Å². The quantitative estimate of drug-likeness (QED) is 0.445. The van der Waals surface area contributed by atoms with Crippen LogP contribution in [0.25, 0.3) is 22.6 Å². The fourth-order valence-corrected chi connectivity index (χ4v) is 4.14. The fraction of sp³-hybridized carbons (Fsp3) is 0.200. The summed E-state index contributed by atoms with van der Waals surface area (Å²) in [6.07, 6.45) is 0. The van der Waals surface area contributed by atoms with Crippen LogP contribution < -0.4 is 9.64 Å². The zero-order valence-corrected chi connectivity index (χ0v) is 18.3. The third-order valence-corrected chi connectivity index (χ3v) is 5.97. The molecule has 0 saturated heterocycles. The van der Waals surface area contributed by atoms with Gasteiger partial charge in [-0.25, -0.2) is 9.97 Å². The van der Waals surface area contributed by atoms with Crippen molar-refractivity contribution < 1.29 is 4.74 Å². The average Bonchev–Trinajstić information content (AvgIpc) is 3.46. The second-order valence-electron chi connectivity index (χ2n) is 8.16. The Morgan fingerprint density at radius 2 is 1.76 bits per heavy atom. The first-order valence-corrected chi connectivity index (χ1v) is 11.0. The molecule has 33 heavy (non-hydrogen) atoms. The van der Waals surface area contributed by atoms with Crippen molar-refractivity contribution in [3.8, 4) is 17.1 Å². The van der Waals surface area contributed by atoms with Gasteiger partial charge in [0.2, 0.25) is 0 Å². The molecular formula is C25H23N7O. The average molecular weight is 438 g/mol. The maximum Gasteiger partial charge on any atom is 0.180 e. The van der Waals surface area contributed by atoms with Crippen LogP contribution in [0, 0.1) is 6.92 Å². The minimum atomic E-state index is 0.546. The van der Waals surface area contributed by atoms with Crippen LogP contribution >= 0.6 is 0 Å². The van der Waals surface area contributed by atoms with Crippen LogP contribution in [0.3, 0.4) is 0 Å². The Bertz CT molecular complexity index is 1410. The number of aromatic amines is 1. The Labute approximate surface area is 190 Å².